The zero-order valence-corrected chi connectivity index (χ0v) is 13.5. The second kappa shape index (κ2) is 6.57. The molecule has 5 heteroatoms. The Hall–Kier alpha value is -1.10. The number of hydrogen-bond donors (Lipinski definition) is 1. The molecule has 0 aliphatic carbocycles. The first-order valence-corrected chi connectivity index (χ1v) is 7.44. The fraction of sp³-hybridized carbons (Fsp3) is 0.867. The standard InChI is InChI=1S/C15H28N2O3/c1-7-11-13(18)16-12(15(4,5)6)14(19)17(11)10(3)9-20-8-2/h10-12H,7-9H2,1-6H3,(H,16,18). The van der Waals surface area contributed by atoms with Gasteiger partial charge in [-0.05, 0) is 25.7 Å². The molecule has 1 fully saturated rings. The van der Waals surface area contributed by atoms with E-state index in [1.807, 2.05) is 41.5 Å². The maximum atomic E-state index is 12.7. The lowest BCUT2D eigenvalue weighted by Crippen LogP contribution is -2.68. The molecule has 1 rings (SSSR count). The van der Waals surface area contributed by atoms with Crippen LogP contribution in [0.15, 0.2) is 0 Å². The molecule has 0 aromatic rings. The van der Waals surface area contributed by atoms with Crippen molar-refractivity contribution in [3.8, 4) is 0 Å². The van der Waals surface area contributed by atoms with Gasteiger partial charge < -0.3 is 15.0 Å². The van der Waals surface area contributed by atoms with E-state index >= 15 is 0 Å². The lowest BCUT2D eigenvalue weighted by atomic mass is 9.83. The second-order valence-corrected chi connectivity index (χ2v) is 6.49. The van der Waals surface area contributed by atoms with Crippen LogP contribution in [0.3, 0.4) is 0 Å². The molecule has 1 heterocycles. The van der Waals surface area contributed by atoms with E-state index in [2.05, 4.69) is 5.32 Å². The molecule has 0 bridgehead atoms. The molecule has 0 radical (unpaired) electrons. The smallest absolute Gasteiger partial charge is 0.246 e. The van der Waals surface area contributed by atoms with Crippen molar-refractivity contribution in [3.05, 3.63) is 0 Å². The summed E-state index contributed by atoms with van der Waals surface area (Å²) < 4.78 is 5.42. The summed E-state index contributed by atoms with van der Waals surface area (Å²) in [6, 6.07) is -0.957. The third-order valence-electron chi connectivity index (χ3n) is 3.72. The van der Waals surface area contributed by atoms with Gasteiger partial charge in [0.2, 0.25) is 11.8 Å². The molecule has 0 spiro atoms. The van der Waals surface area contributed by atoms with Crippen LogP contribution in [0.5, 0.6) is 0 Å². The summed E-state index contributed by atoms with van der Waals surface area (Å²) in [5.74, 6) is -0.0634. The fourth-order valence-electron chi connectivity index (χ4n) is 2.59. The zero-order valence-electron chi connectivity index (χ0n) is 13.5. The first kappa shape index (κ1) is 17.0. The Kier molecular flexibility index (Phi) is 5.57. The van der Waals surface area contributed by atoms with E-state index < -0.39 is 12.1 Å². The van der Waals surface area contributed by atoms with Gasteiger partial charge in [0, 0.05) is 6.61 Å². The summed E-state index contributed by atoms with van der Waals surface area (Å²) in [7, 11) is 0. The van der Waals surface area contributed by atoms with Gasteiger partial charge in [-0.3, -0.25) is 9.59 Å². The molecule has 0 saturated carbocycles. The zero-order chi connectivity index (χ0) is 15.5. The molecule has 1 aliphatic heterocycles. The van der Waals surface area contributed by atoms with Crippen molar-refractivity contribution < 1.29 is 14.3 Å². The Bertz CT molecular complexity index is 363. The molecule has 20 heavy (non-hydrogen) atoms. The van der Waals surface area contributed by atoms with E-state index in [-0.39, 0.29) is 23.3 Å². The highest BCUT2D eigenvalue weighted by Crippen LogP contribution is 2.27. The minimum absolute atomic E-state index is 0.00356. The quantitative estimate of drug-likeness (QED) is 0.833. The van der Waals surface area contributed by atoms with E-state index in [1.54, 1.807) is 4.90 Å². The van der Waals surface area contributed by atoms with Gasteiger partial charge in [-0.1, -0.05) is 27.7 Å². The van der Waals surface area contributed by atoms with Gasteiger partial charge in [0.15, 0.2) is 0 Å². The molecule has 1 aliphatic rings. The van der Waals surface area contributed by atoms with Gasteiger partial charge in [0.25, 0.3) is 0 Å². The summed E-state index contributed by atoms with van der Waals surface area (Å²) in [6.07, 6.45) is 0.616. The molecule has 0 aromatic carbocycles. The molecular formula is C15H28N2O3. The number of amides is 2. The van der Waals surface area contributed by atoms with Crippen LogP contribution in [0.4, 0.5) is 0 Å². The van der Waals surface area contributed by atoms with Crippen LogP contribution in [0, 0.1) is 5.41 Å². The summed E-state index contributed by atoms with van der Waals surface area (Å²) >= 11 is 0. The van der Waals surface area contributed by atoms with E-state index in [9.17, 15) is 9.59 Å². The first-order valence-electron chi connectivity index (χ1n) is 7.44. The van der Waals surface area contributed by atoms with Crippen LogP contribution in [0.2, 0.25) is 0 Å². The van der Waals surface area contributed by atoms with Crippen LogP contribution in [0.25, 0.3) is 0 Å². The third kappa shape index (κ3) is 3.51. The number of carbonyl (C=O) groups excluding carboxylic acids is 2. The van der Waals surface area contributed by atoms with E-state index in [0.717, 1.165) is 0 Å². The number of rotatable bonds is 5. The molecule has 2 amide bonds. The van der Waals surface area contributed by atoms with Crippen molar-refractivity contribution in [3.63, 3.8) is 0 Å². The van der Waals surface area contributed by atoms with Crippen molar-refractivity contribution >= 4 is 11.8 Å². The average Bonchev–Trinajstić information content (AvgIpc) is 2.36. The average molecular weight is 284 g/mol. The normalized spacial score (nSPS) is 25.6. The van der Waals surface area contributed by atoms with Crippen molar-refractivity contribution in [1.29, 1.82) is 0 Å². The lowest BCUT2D eigenvalue weighted by Gasteiger charge is -2.45. The summed E-state index contributed by atoms with van der Waals surface area (Å²) in [5.41, 5.74) is -0.297. The molecular weight excluding hydrogens is 256 g/mol. The van der Waals surface area contributed by atoms with Crippen LogP contribution in [0.1, 0.15) is 48.0 Å². The molecule has 116 valence electrons. The highest BCUT2D eigenvalue weighted by Gasteiger charge is 2.46. The summed E-state index contributed by atoms with van der Waals surface area (Å²) in [5, 5.41) is 2.88. The second-order valence-electron chi connectivity index (χ2n) is 6.49. The van der Waals surface area contributed by atoms with Crippen LogP contribution in [-0.2, 0) is 14.3 Å². The van der Waals surface area contributed by atoms with E-state index in [4.69, 9.17) is 4.74 Å². The Morgan fingerprint density at radius 2 is 1.90 bits per heavy atom. The van der Waals surface area contributed by atoms with Crippen LogP contribution < -0.4 is 5.32 Å². The Balaban J connectivity index is 3.00. The Labute approximate surface area is 122 Å². The highest BCUT2D eigenvalue weighted by molar-refractivity contribution is 5.97. The van der Waals surface area contributed by atoms with Crippen molar-refractivity contribution in [1.82, 2.24) is 10.2 Å². The van der Waals surface area contributed by atoms with Gasteiger partial charge >= 0.3 is 0 Å². The number of carbonyl (C=O) groups is 2. The maximum absolute atomic E-state index is 12.7. The molecule has 3 unspecified atom stereocenters. The Morgan fingerprint density at radius 1 is 1.30 bits per heavy atom. The predicted octanol–water partition coefficient (Wildman–Crippen LogP) is 1.56. The maximum Gasteiger partial charge on any atom is 0.246 e. The number of nitrogens with zero attached hydrogens (tertiary/aromatic N) is 1. The Morgan fingerprint density at radius 3 is 2.35 bits per heavy atom. The van der Waals surface area contributed by atoms with Crippen LogP contribution >= 0.6 is 0 Å². The number of ether oxygens (including phenoxy) is 1. The van der Waals surface area contributed by atoms with Gasteiger partial charge in [-0.25, -0.2) is 0 Å². The largest absolute Gasteiger partial charge is 0.380 e. The first-order chi connectivity index (χ1) is 9.23. The van der Waals surface area contributed by atoms with E-state index in [1.165, 1.54) is 0 Å². The van der Waals surface area contributed by atoms with Crippen molar-refractivity contribution in [2.75, 3.05) is 13.2 Å². The fourth-order valence-corrected chi connectivity index (χ4v) is 2.59. The summed E-state index contributed by atoms with van der Waals surface area (Å²) in [6.45, 7) is 12.8. The molecule has 1 N–H and O–H groups in total. The number of nitrogens with one attached hydrogen (secondary N) is 1. The van der Waals surface area contributed by atoms with Crippen molar-refractivity contribution in [2.45, 2.75) is 66.1 Å². The lowest BCUT2D eigenvalue weighted by molar-refractivity contribution is -0.156. The van der Waals surface area contributed by atoms with Gasteiger partial charge in [-0.2, -0.15) is 0 Å². The summed E-state index contributed by atoms with van der Waals surface area (Å²) in [4.78, 5) is 26.7. The van der Waals surface area contributed by atoms with E-state index in [0.29, 0.717) is 19.6 Å². The predicted molar refractivity (Wildman–Crippen MR) is 78.3 cm³/mol. The highest BCUT2D eigenvalue weighted by atomic mass is 16.5. The molecule has 3 atom stereocenters. The monoisotopic (exact) mass is 284 g/mol. The van der Waals surface area contributed by atoms with Crippen LogP contribution in [-0.4, -0.2) is 48.1 Å². The van der Waals surface area contributed by atoms with Gasteiger partial charge in [0.05, 0.1) is 12.6 Å². The van der Waals surface area contributed by atoms with Gasteiger partial charge in [-0.15, -0.1) is 0 Å². The van der Waals surface area contributed by atoms with Crippen molar-refractivity contribution in [2.24, 2.45) is 5.41 Å². The molecule has 0 aromatic heterocycles. The number of piperazine rings is 1. The van der Waals surface area contributed by atoms with Gasteiger partial charge in [0.1, 0.15) is 12.1 Å². The molecule has 5 nitrogen and oxygen atoms in total. The SMILES string of the molecule is CCOCC(C)N1C(=O)C(C(C)(C)C)NC(=O)C1CC. The molecule has 1 saturated heterocycles. The third-order valence-corrected chi connectivity index (χ3v) is 3.72. The topological polar surface area (TPSA) is 58.6 Å². The number of hydrogen-bond acceptors (Lipinski definition) is 3. The minimum Gasteiger partial charge on any atom is -0.380 e. The minimum atomic E-state index is -0.470.